The zero-order chi connectivity index (χ0) is 13.0. The average molecular weight is 249 g/mol. The van der Waals surface area contributed by atoms with Gasteiger partial charge in [0.1, 0.15) is 5.75 Å². The fraction of sp³-hybridized carbons (Fsp3) is 0.600. The van der Waals surface area contributed by atoms with E-state index in [-0.39, 0.29) is 18.2 Å². The maximum atomic E-state index is 10.00. The van der Waals surface area contributed by atoms with Gasteiger partial charge in [0.2, 0.25) is 0 Å². The quantitative estimate of drug-likeness (QED) is 0.862. The van der Waals surface area contributed by atoms with Crippen LogP contribution in [-0.2, 0) is 0 Å². The lowest BCUT2D eigenvalue weighted by molar-refractivity contribution is 0.0858. The highest BCUT2D eigenvalue weighted by Gasteiger charge is 2.25. The lowest BCUT2D eigenvalue weighted by atomic mass is 9.91. The van der Waals surface area contributed by atoms with Gasteiger partial charge in [-0.3, -0.25) is 0 Å². The largest absolute Gasteiger partial charge is 0.496 e. The van der Waals surface area contributed by atoms with Crippen molar-refractivity contribution in [3.63, 3.8) is 0 Å². The smallest absolute Gasteiger partial charge is 0.123 e. The number of aliphatic hydroxyl groups excluding tert-OH is 1. The predicted molar refractivity (Wildman–Crippen MR) is 72.8 cm³/mol. The Morgan fingerprint density at radius 2 is 2.00 bits per heavy atom. The van der Waals surface area contributed by atoms with E-state index >= 15 is 0 Å². The highest BCUT2D eigenvalue weighted by Crippen LogP contribution is 2.27. The summed E-state index contributed by atoms with van der Waals surface area (Å²) < 4.78 is 5.38. The van der Waals surface area contributed by atoms with Crippen molar-refractivity contribution in [2.45, 2.75) is 50.8 Å². The van der Waals surface area contributed by atoms with Crippen molar-refractivity contribution in [3.8, 4) is 5.75 Å². The Bertz CT molecular complexity index is 381. The second kappa shape index (κ2) is 6.21. The van der Waals surface area contributed by atoms with Crippen molar-refractivity contribution in [1.29, 1.82) is 0 Å². The van der Waals surface area contributed by atoms with Gasteiger partial charge in [-0.1, -0.05) is 31.0 Å². The summed E-state index contributed by atoms with van der Waals surface area (Å²) in [5.41, 5.74) is 1.15. The molecule has 1 aliphatic rings. The summed E-state index contributed by atoms with van der Waals surface area (Å²) in [5, 5.41) is 13.5. The molecule has 0 bridgehead atoms. The molecule has 2 unspecified atom stereocenters. The van der Waals surface area contributed by atoms with Crippen LogP contribution in [0.5, 0.6) is 5.75 Å². The van der Waals surface area contributed by atoms with Crippen molar-refractivity contribution in [1.82, 2.24) is 5.32 Å². The molecule has 1 fully saturated rings. The predicted octanol–water partition coefficient (Wildman–Crippen LogP) is 2.65. The minimum absolute atomic E-state index is 0.193. The molecule has 2 rings (SSSR count). The van der Waals surface area contributed by atoms with Crippen LogP contribution in [0.1, 0.15) is 44.2 Å². The van der Waals surface area contributed by atoms with Gasteiger partial charge in [-0.15, -0.1) is 0 Å². The topological polar surface area (TPSA) is 41.5 Å². The van der Waals surface area contributed by atoms with Gasteiger partial charge in [-0.2, -0.15) is 0 Å². The summed E-state index contributed by atoms with van der Waals surface area (Å²) in [4.78, 5) is 0. The molecule has 2 N–H and O–H groups in total. The van der Waals surface area contributed by atoms with E-state index in [0.29, 0.717) is 0 Å². The number of ether oxygens (including phenoxy) is 1. The number of benzene rings is 1. The molecule has 18 heavy (non-hydrogen) atoms. The number of methoxy groups -OCH3 is 1. The highest BCUT2D eigenvalue weighted by atomic mass is 16.5. The summed E-state index contributed by atoms with van der Waals surface area (Å²) in [7, 11) is 1.70. The molecule has 1 saturated carbocycles. The zero-order valence-electron chi connectivity index (χ0n) is 11.2. The van der Waals surface area contributed by atoms with E-state index in [9.17, 15) is 5.11 Å². The molecule has 0 saturated heterocycles. The van der Waals surface area contributed by atoms with Crippen LogP contribution in [0.3, 0.4) is 0 Å². The monoisotopic (exact) mass is 249 g/mol. The van der Waals surface area contributed by atoms with E-state index in [0.717, 1.165) is 30.6 Å². The maximum absolute atomic E-state index is 10.00. The molecule has 1 aromatic rings. The molecule has 0 aliphatic heterocycles. The molecular formula is C15H23NO2. The van der Waals surface area contributed by atoms with E-state index in [1.807, 2.05) is 18.2 Å². The molecule has 1 aromatic carbocycles. The number of rotatable bonds is 4. The molecule has 0 spiro atoms. The van der Waals surface area contributed by atoms with Crippen molar-refractivity contribution < 1.29 is 9.84 Å². The summed E-state index contributed by atoms with van der Waals surface area (Å²) in [6.07, 6.45) is 4.10. The summed E-state index contributed by atoms with van der Waals surface area (Å²) in [5.74, 6) is 0.905. The normalized spacial score (nSPS) is 25.7. The van der Waals surface area contributed by atoms with Crippen LogP contribution in [0.4, 0.5) is 0 Å². The molecule has 0 aromatic heterocycles. The van der Waals surface area contributed by atoms with E-state index in [1.165, 1.54) is 6.42 Å². The molecule has 0 heterocycles. The molecule has 3 nitrogen and oxygen atoms in total. The van der Waals surface area contributed by atoms with Gasteiger partial charge in [0.05, 0.1) is 13.2 Å². The van der Waals surface area contributed by atoms with Gasteiger partial charge in [0, 0.05) is 17.6 Å². The number of nitrogens with one attached hydrogen (secondary N) is 1. The molecular weight excluding hydrogens is 226 g/mol. The minimum atomic E-state index is -0.212. The average Bonchev–Trinajstić information content (AvgIpc) is 2.41. The summed E-state index contributed by atoms with van der Waals surface area (Å²) >= 11 is 0. The van der Waals surface area contributed by atoms with Gasteiger partial charge in [0.15, 0.2) is 0 Å². The van der Waals surface area contributed by atoms with Crippen molar-refractivity contribution in [2.24, 2.45) is 0 Å². The van der Waals surface area contributed by atoms with Crippen LogP contribution >= 0.6 is 0 Å². The molecule has 0 radical (unpaired) electrons. The Kier molecular flexibility index (Phi) is 4.61. The van der Waals surface area contributed by atoms with Crippen molar-refractivity contribution in [2.75, 3.05) is 7.11 Å². The Hall–Kier alpha value is -1.06. The van der Waals surface area contributed by atoms with Gasteiger partial charge in [-0.05, 0) is 25.8 Å². The minimum Gasteiger partial charge on any atom is -0.496 e. The van der Waals surface area contributed by atoms with E-state index in [4.69, 9.17) is 4.74 Å². The summed E-state index contributed by atoms with van der Waals surface area (Å²) in [6, 6.07) is 8.45. The third-order valence-electron chi connectivity index (χ3n) is 3.80. The van der Waals surface area contributed by atoms with E-state index in [1.54, 1.807) is 7.11 Å². The fourth-order valence-corrected chi connectivity index (χ4v) is 2.74. The lowest BCUT2D eigenvalue weighted by Crippen LogP contribution is -2.43. The van der Waals surface area contributed by atoms with Crippen LogP contribution in [0.25, 0.3) is 0 Å². The first kappa shape index (κ1) is 13.4. The number of aliphatic hydroxyl groups is 1. The first-order valence-corrected chi connectivity index (χ1v) is 6.79. The van der Waals surface area contributed by atoms with Gasteiger partial charge in [0.25, 0.3) is 0 Å². The highest BCUT2D eigenvalue weighted by molar-refractivity contribution is 5.35. The molecule has 1 aliphatic carbocycles. The standard InChI is InChI=1S/C15H23NO2/c1-11(12-7-3-6-10-15(12)18-2)16-13-8-4-5-9-14(13)17/h3,6-7,10-11,13-14,16-17H,4-5,8-9H2,1-2H3/t11-,13?,14?/m1/s1. The Labute approximate surface area is 109 Å². The van der Waals surface area contributed by atoms with E-state index < -0.39 is 0 Å². The third-order valence-corrected chi connectivity index (χ3v) is 3.80. The molecule has 0 amide bonds. The van der Waals surface area contributed by atoms with Crippen molar-refractivity contribution in [3.05, 3.63) is 29.8 Å². The van der Waals surface area contributed by atoms with Crippen LogP contribution in [0.15, 0.2) is 24.3 Å². The zero-order valence-corrected chi connectivity index (χ0v) is 11.2. The molecule has 3 heteroatoms. The van der Waals surface area contributed by atoms with Gasteiger partial charge < -0.3 is 15.2 Å². The number of hydrogen-bond acceptors (Lipinski definition) is 3. The first-order chi connectivity index (χ1) is 8.72. The SMILES string of the molecule is COc1ccccc1[C@@H](C)NC1CCCCC1O. The molecule has 3 atom stereocenters. The van der Waals surface area contributed by atoms with Crippen LogP contribution in [0.2, 0.25) is 0 Å². The Morgan fingerprint density at radius 3 is 2.72 bits per heavy atom. The first-order valence-electron chi connectivity index (χ1n) is 6.79. The second-order valence-corrected chi connectivity index (χ2v) is 5.09. The van der Waals surface area contributed by atoms with Crippen LogP contribution in [0, 0.1) is 0 Å². The lowest BCUT2D eigenvalue weighted by Gasteiger charge is -2.31. The molecule has 100 valence electrons. The van der Waals surface area contributed by atoms with Gasteiger partial charge >= 0.3 is 0 Å². The van der Waals surface area contributed by atoms with Crippen LogP contribution in [-0.4, -0.2) is 24.4 Å². The third kappa shape index (κ3) is 3.03. The number of para-hydroxylation sites is 1. The van der Waals surface area contributed by atoms with Gasteiger partial charge in [-0.25, -0.2) is 0 Å². The van der Waals surface area contributed by atoms with E-state index in [2.05, 4.69) is 18.3 Å². The Morgan fingerprint density at radius 1 is 1.28 bits per heavy atom. The Balaban J connectivity index is 2.04. The van der Waals surface area contributed by atoms with Crippen molar-refractivity contribution >= 4 is 0 Å². The second-order valence-electron chi connectivity index (χ2n) is 5.09. The number of hydrogen-bond donors (Lipinski definition) is 2. The fourth-order valence-electron chi connectivity index (χ4n) is 2.74. The summed E-state index contributed by atoms with van der Waals surface area (Å²) in [6.45, 7) is 2.12. The maximum Gasteiger partial charge on any atom is 0.123 e. The van der Waals surface area contributed by atoms with Crippen LogP contribution < -0.4 is 10.1 Å².